The molecular formula is C16H24N2O5S. The molecule has 0 radical (unpaired) electrons. The fourth-order valence-corrected chi connectivity index (χ4v) is 3.67. The van der Waals surface area contributed by atoms with Crippen LogP contribution in [0.2, 0.25) is 0 Å². The molecule has 1 aliphatic rings. The first-order valence-corrected chi connectivity index (χ1v) is 9.76. The fourth-order valence-electron chi connectivity index (χ4n) is 2.84. The lowest BCUT2D eigenvalue weighted by atomic mass is 10.0. The van der Waals surface area contributed by atoms with Crippen LogP contribution in [0.25, 0.3) is 0 Å². The van der Waals surface area contributed by atoms with Crippen molar-refractivity contribution < 1.29 is 23.1 Å². The zero-order valence-electron chi connectivity index (χ0n) is 14.1. The molecule has 0 unspecified atom stereocenters. The van der Waals surface area contributed by atoms with Crippen molar-refractivity contribution in [2.75, 3.05) is 19.4 Å². The van der Waals surface area contributed by atoms with Gasteiger partial charge in [-0.15, -0.1) is 0 Å². The zero-order valence-corrected chi connectivity index (χ0v) is 14.9. The molecular weight excluding hydrogens is 332 g/mol. The number of nitrogens with zero attached hydrogens (tertiary/aromatic N) is 1. The van der Waals surface area contributed by atoms with Gasteiger partial charge in [0, 0.05) is 12.6 Å². The van der Waals surface area contributed by atoms with E-state index in [2.05, 4.69) is 18.6 Å². The molecule has 2 atom stereocenters. The number of rotatable bonds is 6. The summed E-state index contributed by atoms with van der Waals surface area (Å²) >= 11 is 0. The van der Waals surface area contributed by atoms with E-state index in [0.29, 0.717) is 18.1 Å². The van der Waals surface area contributed by atoms with Gasteiger partial charge in [-0.3, -0.25) is 0 Å². The first-order valence-electron chi connectivity index (χ1n) is 7.87. The van der Waals surface area contributed by atoms with Crippen LogP contribution >= 0.6 is 0 Å². The number of likely N-dealkylation sites (tertiary alicyclic amines) is 1. The van der Waals surface area contributed by atoms with Crippen molar-refractivity contribution >= 4 is 16.1 Å². The summed E-state index contributed by atoms with van der Waals surface area (Å²) in [5, 5.41) is 9.29. The Bertz CT molecular complexity index is 672. The maximum Gasteiger partial charge on any atom is 0.407 e. The molecule has 1 heterocycles. The highest BCUT2D eigenvalue weighted by Gasteiger charge is 2.39. The van der Waals surface area contributed by atoms with Crippen LogP contribution in [0.3, 0.4) is 0 Å². The molecule has 0 aliphatic carbocycles. The van der Waals surface area contributed by atoms with Gasteiger partial charge in [-0.25, -0.2) is 17.9 Å². The molecule has 2 N–H and O–H groups in total. The van der Waals surface area contributed by atoms with Gasteiger partial charge in [-0.1, -0.05) is 26.0 Å². The predicted octanol–water partition coefficient (Wildman–Crippen LogP) is 1.86. The Kier molecular flexibility index (Phi) is 5.71. The summed E-state index contributed by atoms with van der Waals surface area (Å²) in [5.74, 6) is 1.05. The lowest BCUT2D eigenvalue weighted by Crippen LogP contribution is -2.49. The number of hydrogen-bond donors (Lipinski definition) is 2. The van der Waals surface area contributed by atoms with Gasteiger partial charge in [0.1, 0.15) is 12.4 Å². The van der Waals surface area contributed by atoms with Crippen molar-refractivity contribution in [1.29, 1.82) is 0 Å². The first kappa shape index (κ1) is 18.5. The third-order valence-electron chi connectivity index (χ3n) is 4.12. The van der Waals surface area contributed by atoms with Crippen LogP contribution in [-0.2, 0) is 10.0 Å². The van der Waals surface area contributed by atoms with Crippen LogP contribution in [0.4, 0.5) is 4.79 Å². The smallest absolute Gasteiger partial charge is 0.407 e. The molecule has 1 saturated heterocycles. The third-order valence-corrected chi connectivity index (χ3v) is 4.86. The predicted molar refractivity (Wildman–Crippen MR) is 90.9 cm³/mol. The largest absolute Gasteiger partial charge is 0.491 e. The van der Waals surface area contributed by atoms with Gasteiger partial charge in [0.15, 0.2) is 0 Å². The number of amides is 1. The van der Waals surface area contributed by atoms with E-state index in [0.717, 1.165) is 6.26 Å². The van der Waals surface area contributed by atoms with Gasteiger partial charge in [0.2, 0.25) is 10.0 Å². The fraction of sp³-hybridized carbons (Fsp3) is 0.562. The first-order chi connectivity index (χ1) is 11.2. The minimum Gasteiger partial charge on any atom is -0.491 e. The van der Waals surface area contributed by atoms with Crippen LogP contribution in [0.15, 0.2) is 24.3 Å². The van der Waals surface area contributed by atoms with Crippen molar-refractivity contribution in [1.82, 2.24) is 9.62 Å². The van der Waals surface area contributed by atoms with E-state index in [1.807, 2.05) is 24.3 Å². The Labute approximate surface area is 142 Å². The number of hydrogen-bond acceptors (Lipinski definition) is 4. The monoisotopic (exact) mass is 356 g/mol. The summed E-state index contributed by atoms with van der Waals surface area (Å²) in [6.07, 6.45) is 0.426. The van der Waals surface area contributed by atoms with Crippen molar-refractivity contribution in [3.05, 3.63) is 29.8 Å². The van der Waals surface area contributed by atoms with E-state index in [9.17, 15) is 18.3 Å². The Morgan fingerprint density at radius 2 is 2.00 bits per heavy atom. The normalized spacial score (nSPS) is 21.2. The molecule has 134 valence electrons. The van der Waals surface area contributed by atoms with Crippen LogP contribution in [0.1, 0.15) is 31.7 Å². The van der Waals surface area contributed by atoms with Crippen molar-refractivity contribution in [2.45, 2.75) is 38.3 Å². The lowest BCUT2D eigenvalue weighted by Gasteiger charge is -2.26. The minimum atomic E-state index is -3.41. The Hall–Kier alpha value is -1.80. The van der Waals surface area contributed by atoms with Gasteiger partial charge in [-0.05, 0) is 30.0 Å². The van der Waals surface area contributed by atoms with E-state index >= 15 is 0 Å². The number of ether oxygens (including phenoxy) is 1. The van der Waals surface area contributed by atoms with E-state index in [1.54, 1.807) is 0 Å². The summed E-state index contributed by atoms with van der Waals surface area (Å²) in [6, 6.07) is 6.59. The molecule has 0 bridgehead atoms. The van der Waals surface area contributed by atoms with Crippen molar-refractivity contribution in [3.63, 3.8) is 0 Å². The molecule has 0 aromatic heterocycles. The van der Waals surface area contributed by atoms with E-state index in [1.165, 1.54) is 10.5 Å². The van der Waals surface area contributed by atoms with Crippen LogP contribution in [0.5, 0.6) is 5.75 Å². The van der Waals surface area contributed by atoms with Gasteiger partial charge >= 0.3 is 6.09 Å². The topological polar surface area (TPSA) is 95.9 Å². The van der Waals surface area contributed by atoms with Crippen molar-refractivity contribution in [2.24, 2.45) is 0 Å². The molecule has 24 heavy (non-hydrogen) atoms. The summed E-state index contributed by atoms with van der Waals surface area (Å²) in [4.78, 5) is 12.6. The summed E-state index contributed by atoms with van der Waals surface area (Å²) < 4.78 is 31.1. The molecule has 1 aliphatic heterocycles. The quantitative estimate of drug-likeness (QED) is 0.811. The molecule has 8 heteroatoms. The van der Waals surface area contributed by atoms with E-state index < -0.39 is 28.2 Å². The highest BCUT2D eigenvalue weighted by Crippen LogP contribution is 2.22. The number of nitrogens with one attached hydrogen (secondary N) is 1. The molecule has 1 amide bonds. The van der Waals surface area contributed by atoms with Gasteiger partial charge < -0.3 is 14.7 Å². The summed E-state index contributed by atoms with van der Waals surface area (Å²) in [6.45, 7) is 4.57. The highest BCUT2D eigenvalue weighted by atomic mass is 32.2. The van der Waals surface area contributed by atoms with Gasteiger partial charge in [-0.2, -0.15) is 0 Å². The third kappa shape index (κ3) is 4.85. The molecule has 7 nitrogen and oxygen atoms in total. The Balaban J connectivity index is 2.06. The molecule has 0 spiro atoms. The number of sulfonamides is 1. The summed E-state index contributed by atoms with van der Waals surface area (Å²) in [7, 11) is -3.41. The van der Waals surface area contributed by atoms with Gasteiger partial charge in [0.05, 0.1) is 12.3 Å². The second kappa shape index (κ2) is 7.40. The number of benzene rings is 1. The average molecular weight is 356 g/mol. The zero-order chi connectivity index (χ0) is 17.9. The SMILES string of the molecule is CC(C)c1ccc(OC[C@H]2[C@@H](NS(C)(=O)=O)CCN2C(=O)O)cc1. The van der Waals surface area contributed by atoms with Crippen LogP contribution in [-0.4, -0.2) is 56.0 Å². The number of carboxylic acid groups (broad SMARTS) is 1. The standard InChI is InChI=1S/C16H24N2O5S/c1-11(2)12-4-6-13(7-5-12)23-10-15-14(17-24(3,21)22)8-9-18(15)16(19)20/h4-7,11,14-15,17H,8-10H2,1-3H3,(H,19,20)/t14-,15-/m0/s1. The molecule has 1 aromatic rings. The van der Waals surface area contributed by atoms with Gasteiger partial charge in [0.25, 0.3) is 0 Å². The van der Waals surface area contributed by atoms with Crippen molar-refractivity contribution in [3.8, 4) is 5.75 Å². The molecule has 2 rings (SSSR count). The van der Waals surface area contributed by atoms with E-state index in [4.69, 9.17) is 4.74 Å². The lowest BCUT2D eigenvalue weighted by molar-refractivity contribution is 0.119. The summed E-state index contributed by atoms with van der Waals surface area (Å²) in [5.41, 5.74) is 1.19. The van der Waals surface area contributed by atoms with E-state index in [-0.39, 0.29) is 13.2 Å². The maximum absolute atomic E-state index is 11.5. The molecule has 1 fully saturated rings. The maximum atomic E-state index is 11.5. The Morgan fingerprint density at radius 1 is 1.38 bits per heavy atom. The van der Waals surface area contributed by atoms with Crippen LogP contribution < -0.4 is 9.46 Å². The second-order valence-electron chi connectivity index (χ2n) is 6.36. The Morgan fingerprint density at radius 3 is 2.50 bits per heavy atom. The highest BCUT2D eigenvalue weighted by molar-refractivity contribution is 7.88. The van der Waals surface area contributed by atoms with Crippen LogP contribution in [0, 0.1) is 0 Å². The number of carbonyl (C=O) groups is 1. The minimum absolute atomic E-state index is 0.0977. The molecule has 0 saturated carbocycles. The molecule has 1 aromatic carbocycles. The second-order valence-corrected chi connectivity index (χ2v) is 8.14. The average Bonchev–Trinajstić information content (AvgIpc) is 2.86.